The normalized spacial score (nSPS) is 12.8. The van der Waals surface area contributed by atoms with Crippen LogP contribution in [0.5, 0.6) is 0 Å². The van der Waals surface area contributed by atoms with Gasteiger partial charge in [0.15, 0.2) is 0 Å². The van der Waals surface area contributed by atoms with Crippen molar-refractivity contribution in [1.82, 2.24) is 5.32 Å². The van der Waals surface area contributed by atoms with E-state index in [0.29, 0.717) is 19.4 Å². The number of carbonyl (C=O) groups excluding carboxylic acids is 2. The van der Waals surface area contributed by atoms with Crippen LogP contribution in [0.25, 0.3) is 0 Å². The first-order valence-electron chi connectivity index (χ1n) is 25.6. The van der Waals surface area contributed by atoms with Gasteiger partial charge >= 0.3 is 5.97 Å². The monoisotopic (exact) mass is 818 g/mol. The first kappa shape index (κ1) is 56.3. The van der Waals surface area contributed by atoms with Gasteiger partial charge in [0.1, 0.15) is 0 Å². The fraction of sp³-hybridized carbons (Fsp3) is 0.885. The van der Waals surface area contributed by atoms with Crippen LogP contribution in [-0.4, -0.2) is 47.4 Å². The summed E-state index contributed by atoms with van der Waals surface area (Å²) in [5, 5.41) is 23.1. The summed E-state index contributed by atoms with van der Waals surface area (Å²) in [6.07, 6.45) is 56.1. The topological polar surface area (TPSA) is 95.9 Å². The van der Waals surface area contributed by atoms with Gasteiger partial charge in [0.25, 0.3) is 0 Å². The van der Waals surface area contributed by atoms with Gasteiger partial charge in [0.2, 0.25) is 5.91 Å². The Morgan fingerprint density at radius 2 is 0.810 bits per heavy atom. The van der Waals surface area contributed by atoms with Crippen molar-refractivity contribution in [1.29, 1.82) is 0 Å². The maximum atomic E-state index is 12.4. The SMILES string of the molecule is CCCCCCCCCCCCCCCCCC/C=C/C(O)C(CO)NC(=O)CCCCCC/C=C\CCCCOC(=O)CCCCCCCCCCCCCCC. The van der Waals surface area contributed by atoms with E-state index in [1.807, 2.05) is 6.08 Å². The number of aliphatic hydroxyl groups is 2. The average Bonchev–Trinajstić information content (AvgIpc) is 3.22. The number of allylic oxidation sites excluding steroid dienone is 3. The van der Waals surface area contributed by atoms with E-state index in [-0.39, 0.29) is 18.5 Å². The number of unbranched alkanes of at least 4 members (excludes halogenated alkanes) is 34. The molecule has 2 atom stereocenters. The van der Waals surface area contributed by atoms with Gasteiger partial charge in [-0.15, -0.1) is 0 Å². The Bertz CT molecular complexity index is 904. The van der Waals surface area contributed by atoms with Gasteiger partial charge < -0.3 is 20.3 Å². The highest BCUT2D eigenvalue weighted by molar-refractivity contribution is 5.76. The molecule has 0 aromatic rings. The standard InChI is InChI=1S/C52H99NO5/c1-3-5-7-9-11-13-15-17-18-19-20-21-23-24-28-32-36-40-44-50(55)49(48-54)53-51(56)45-41-37-33-29-26-27-31-35-39-43-47-58-52(57)46-42-38-34-30-25-22-16-14-12-10-8-6-4-2/h27,31,40,44,49-50,54-55H,3-26,28-30,32-39,41-43,45-48H2,1-2H3,(H,53,56)/b31-27-,44-40+. The van der Waals surface area contributed by atoms with Crippen LogP contribution >= 0.6 is 0 Å². The third-order valence-electron chi connectivity index (χ3n) is 11.7. The molecule has 0 rings (SSSR count). The number of amides is 1. The third kappa shape index (κ3) is 43.9. The Morgan fingerprint density at radius 1 is 0.466 bits per heavy atom. The lowest BCUT2D eigenvalue weighted by atomic mass is 10.0. The van der Waals surface area contributed by atoms with Gasteiger partial charge in [0.05, 0.1) is 25.4 Å². The van der Waals surface area contributed by atoms with Crippen LogP contribution < -0.4 is 5.32 Å². The van der Waals surface area contributed by atoms with Gasteiger partial charge in [-0.2, -0.15) is 0 Å². The van der Waals surface area contributed by atoms with Crippen molar-refractivity contribution in [2.24, 2.45) is 0 Å². The molecule has 6 nitrogen and oxygen atoms in total. The molecule has 3 N–H and O–H groups in total. The van der Waals surface area contributed by atoms with E-state index in [4.69, 9.17) is 4.74 Å². The molecule has 0 heterocycles. The molecule has 58 heavy (non-hydrogen) atoms. The third-order valence-corrected chi connectivity index (χ3v) is 11.7. The maximum Gasteiger partial charge on any atom is 0.305 e. The van der Waals surface area contributed by atoms with Crippen molar-refractivity contribution in [3.05, 3.63) is 24.3 Å². The molecule has 6 heteroatoms. The molecule has 0 radical (unpaired) electrons. The number of esters is 1. The Balaban J connectivity index is 3.57. The lowest BCUT2D eigenvalue weighted by molar-refractivity contribution is -0.143. The van der Waals surface area contributed by atoms with Crippen molar-refractivity contribution in [2.45, 2.75) is 283 Å². The van der Waals surface area contributed by atoms with E-state index in [1.165, 1.54) is 167 Å². The smallest absolute Gasteiger partial charge is 0.305 e. The number of carbonyl (C=O) groups is 2. The zero-order valence-electron chi connectivity index (χ0n) is 38.8. The van der Waals surface area contributed by atoms with Crippen LogP contribution in [-0.2, 0) is 14.3 Å². The zero-order valence-corrected chi connectivity index (χ0v) is 38.8. The lowest BCUT2D eigenvalue weighted by Crippen LogP contribution is -2.45. The predicted molar refractivity (Wildman–Crippen MR) is 250 cm³/mol. The second kappa shape index (κ2) is 48.0. The molecule has 0 bridgehead atoms. The van der Waals surface area contributed by atoms with Crippen molar-refractivity contribution < 1.29 is 24.5 Å². The summed E-state index contributed by atoms with van der Waals surface area (Å²) in [5.41, 5.74) is 0. The number of aliphatic hydroxyl groups excluding tert-OH is 2. The second-order valence-corrected chi connectivity index (χ2v) is 17.5. The lowest BCUT2D eigenvalue weighted by Gasteiger charge is -2.20. The fourth-order valence-corrected chi connectivity index (χ4v) is 7.74. The molecule has 0 aromatic heterocycles. The average molecular weight is 818 g/mol. The van der Waals surface area contributed by atoms with Crippen LogP contribution in [0.4, 0.5) is 0 Å². The maximum absolute atomic E-state index is 12.4. The minimum absolute atomic E-state index is 0.0369. The van der Waals surface area contributed by atoms with Crippen LogP contribution in [0.2, 0.25) is 0 Å². The van der Waals surface area contributed by atoms with Crippen molar-refractivity contribution >= 4 is 11.9 Å². The van der Waals surface area contributed by atoms with Crippen LogP contribution in [0.1, 0.15) is 271 Å². The number of hydrogen-bond donors (Lipinski definition) is 3. The van der Waals surface area contributed by atoms with Crippen molar-refractivity contribution in [3.8, 4) is 0 Å². The molecule has 1 amide bonds. The molecule has 0 aliphatic carbocycles. The molecule has 0 fully saturated rings. The fourth-order valence-electron chi connectivity index (χ4n) is 7.74. The van der Waals surface area contributed by atoms with Crippen molar-refractivity contribution in [3.63, 3.8) is 0 Å². The first-order valence-corrected chi connectivity index (χ1v) is 25.6. The molecule has 2 unspecified atom stereocenters. The van der Waals surface area contributed by atoms with E-state index in [0.717, 1.165) is 77.0 Å². The van der Waals surface area contributed by atoms with E-state index in [2.05, 4.69) is 31.3 Å². The first-order chi connectivity index (χ1) is 28.5. The number of hydrogen-bond acceptors (Lipinski definition) is 5. The van der Waals surface area contributed by atoms with Crippen LogP contribution in [0.15, 0.2) is 24.3 Å². The molecule has 0 aliphatic heterocycles. The van der Waals surface area contributed by atoms with Crippen LogP contribution in [0.3, 0.4) is 0 Å². The summed E-state index contributed by atoms with van der Waals surface area (Å²) in [4.78, 5) is 24.4. The predicted octanol–water partition coefficient (Wildman–Crippen LogP) is 15.1. The molecular formula is C52H99NO5. The molecule has 342 valence electrons. The van der Waals surface area contributed by atoms with Gasteiger partial charge in [-0.25, -0.2) is 0 Å². The summed E-state index contributed by atoms with van der Waals surface area (Å²) in [6.45, 7) is 4.82. The minimum atomic E-state index is -0.865. The van der Waals surface area contributed by atoms with Crippen molar-refractivity contribution in [2.75, 3.05) is 13.2 Å². The second-order valence-electron chi connectivity index (χ2n) is 17.5. The Kier molecular flexibility index (Phi) is 46.6. The Labute approximate surface area is 361 Å². The molecule has 0 aliphatic rings. The Morgan fingerprint density at radius 3 is 1.22 bits per heavy atom. The largest absolute Gasteiger partial charge is 0.466 e. The number of rotatable bonds is 47. The summed E-state index contributed by atoms with van der Waals surface area (Å²) in [5.74, 6) is -0.139. The molecule has 0 saturated heterocycles. The van der Waals surface area contributed by atoms with Gasteiger partial charge in [-0.3, -0.25) is 9.59 Å². The zero-order chi connectivity index (χ0) is 42.3. The number of nitrogens with one attached hydrogen (secondary N) is 1. The molecular weight excluding hydrogens is 719 g/mol. The molecule has 0 saturated carbocycles. The summed E-state index contributed by atoms with van der Waals surface area (Å²) >= 11 is 0. The van der Waals surface area contributed by atoms with Crippen LogP contribution in [0, 0.1) is 0 Å². The number of ether oxygens (including phenoxy) is 1. The van der Waals surface area contributed by atoms with E-state index in [1.54, 1.807) is 6.08 Å². The highest BCUT2D eigenvalue weighted by Gasteiger charge is 2.18. The summed E-state index contributed by atoms with van der Waals surface area (Å²) in [6, 6.07) is -0.652. The molecule has 0 aromatic carbocycles. The summed E-state index contributed by atoms with van der Waals surface area (Å²) < 4.78 is 5.42. The highest BCUT2D eigenvalue weighted by atomic mass is 16.5. The Hall–Kier alpha value is -1.66. The van der Waals surface area contributed by atoms with Gasteiger partial charge in [-0.1, -0.05) is 224 Å². The summed E-state index contributed by atoms with van der Waals surface area (Å²) in [7, 11) is 0. The minimum Gasteiger partial charge on any atom is -0.466 e. The van der Waals surface area contributed by atoms with E-state index < -0.39 is 12.1 Å². The van der Waals surface area contributed by atoms with E-state index >= 15 is 0 Å². The van der Waals surface area contributed by atoms with E-state index in [9.17, 15) is 19.8 Å². The highest BCUT2D eigenvalue weighted by Crippen LogP contribution is 2.16. The van der Waals surface area contributed by atoms with Gasteiger partial charge in [0, 0.05) is 12.8 Å². The molecule has 0 spiro atoms. The van der Waals surface area contributed by atoms with Gasteiger partial charge in [-0.05, 0) is 57.8 Å². The quantitative estimate of drug-likeness (QED) is 0.0323.